The molecular weight excluding hydrogens is 242 g/mol. The average molecular weight is 263 g/mol. The predicted molar refractivity (Wildman–Crippen MR) is 70.9 cm³/mol. The lowest BCUT2D eigenvalue weighted by Crippen LogP contribution is -2.43. The molecule has 5 nitrogen and oxygen atoms in total. The first kappa shape index (κ1) is 12.7. The van der Waals surface area contributed by atoms with Gasteiger partial charge in [-0.2, -0.15) is 0 Å². The molecule has 2 fully saturated rings. The maximum atomic E-state index is 12.2. The van der Waals surface area contributed by atoms with Gasteiger partial charge in [0.25, 0.3) is 5.91 Å². The van der Waals surface area contributed by atoms with E-state index in [0.717, 1.165) is 44.1 Å². The summed E-state index contributed by atoms with van der Waals surface area (Å²) in [4.78, 5) is 14.1. The van der Waals surface area contributed by atoms with Crippen molar-refractivity contribution in [3.63, 3.8) is 0 Å². The molecule has 3 rings (SSSR count). The summed E-state index contributed by atoms with van der Waals surface area (Å²) in [6, 6.07) is 2.39. The van der Waals surface area contributed by atoms with E-state index in [1.54, 1.807) is 6.07 Å². The zero-order valence-corrected chi connectivity index (χ0v) is 11.4. The van der Waals surface area contributed by atoms with Crippen LogP contribution in [0.15, 0.2) is 10.6 Å². The predicted octanol–water partition coefficient (Wildman–Crippen LogP) is 1.59. The van der Waals surface area contributed by atoms with Gasteiger partial charge in [0.1, 0.15) is 0 Å². The van der Waals surface area contributed by atoms with Gasteiger partial charge in [0.05, 0.1) is 5.69 Å². The molecule has 1 N–H and O–H groups in total. The first-order chi connectivity index (χ1) is 9.24. The van der Waals surface area contributed by atoms with Gasteiger partial charge in [-0.15, -0.1) is 0 Å². The molecule has 1 atom stereocenters. The van der Waals surface area contributed by atoms with E-state index in [0.29, 0.717) is 11.8 Å². The lowest BCUT2D eigenvalue weighted by atomic mass is 9.88. The number of aryl methyl sites for hydroxylation is 1. The molecule has 1 aromatic rings. The molecular formula is C14H21N3O2. The van der Waals surface area contributed by atoms with Crippen molar-refractivity contribution in [3.05, 3.63) is 17.5 Å². The van der Waals surface area contributed by atoms with Gasteiger partial charge >= 0.3 is 0 Å². The normalized spacial score (nSPS) is 24.9. The molecule has 0 saturated carbocycles. The second-order valence-electron chi connectivity index (χ2n) is 5.67. The Kier molecular flexibility index (Phi) is 3.55. The SMILES string of the molecule is Cc1cc(C(=O)N2CCC(C3CCCN3)CC2)on1. The van der Waals surface area contributed by atoms with Gasteiger partial charge in [0, 0.05) is 25.2 Å². The Morgan fingerprint density at radius 1 is 1.42 bits per heavy atom. The van der Waals surface area contributed by atoms with E-state index in [-0.39, 0.29) is 5.91 Å². The van der Waals surface area contributed by atoms with E-state index in [1.165, 1.54) is 12.8 Å². The van der Waals surface area contributed by atoms with Gasteiger partial charge < -0.3 is 14.7 Å². The van der Waals surface area contributed by atoms with Crippen LogP contribution in [-0.4, -0.2) is 41.6 Å². The second-order valence-corrected chi connectivity index (χ2v) is 5.67. The number of carbonyl (C=O) groups excluding carboxylic acids is 1. The van der Waals surface area contributed by atoms with E-state index in [9.17, 15) is 4.79 Å². The maximum Gasteiger partial charge on any atom is 0.292 e. The molecule has 5 heteroatoms. The monoisotopic (exact) mass is 263 g/mol. The van der Waals surface area contributed by atoms with Crippen molar-refractivity contribution in [3.8, 4) is 0 Å². The number of carbonyl (C=O) groups is 1. The van der Waals surface area contributed by atoms with Crippen molar-refractivity contribution in [2.75, 3.05) is 19.6 Å². The lowest BCUT2D eigenvalue weighted by Gasteiger charge is -2.34. The number of nitrogens with one attached hydrogen (secondary N) is 1. The summed E-state index contributed by atoms with van der Waals surface area (Å²) in [5.41, 5.74) is 0.758. The fraction of sp³-hybridized carbons (Fsp3) is 0.714. The molecule has 0 aliphatic carbocycles. The van der Waals surface area contributed by atoms with Crippen molar-refractivity contribution in [2.45, 2.75) is 38.6 Å². The largest absolute Gasteiger partial charge is 0.351 e. The van der Waals surface area contributed by atoms with Crippen LogP contribution in [0.25, 0.3) is 0 Å². The number of nitrogens with zero attached hydrogens (tertiary/aromatic N) is 2. The molecule has 1 unspecified atom stereocenters. The van der Waals surface area contributed by atoms with Crippen LogP contribution in [0.2, 0.25) is 0 Å². The van der Waals surface area contributed by atoms with Crippen LogP contribution in [0.1, 0.15) is 41.9 Å². The number of piperidine rings is 1. The maximum absolute atomic E-state index is 12.2. The summed E-state index contributed by atoms with van der Waals surface area (Å²) < 4.78 is 5.05. The highest BCUT2D eigenvalue weighted by Gasteiger charge is 2.31. The highest BCUT2D eigenvalue weighted by Crippen LogP contribution is 2.26. The number of likely N-dealkylation sites (tertiary alicyclic amines) is 1. The first-order valence-electron chi connectivity index (χ1n) is 7.20. The van der Waals surface area contributed by atoms with Crippen LogP contribution in [0.5, 0.6) is 0 Å². The summed E-state index contributed by atoms with van der Waals surface area (Å²) in [6.45, 7) is 4.66. The smallest absolute Gasteiger partial charge is 0.292 e. The Balaban J connectivity index is 1.56. The molecule has 0 spiro atoms. The number of aromatic nitrogens is 1. The fourth-order valence-electron chi connectivity index (χ4n) is 3.24. The molecule has 2 aliphatic heterocycles. The van der Waals surface area contributed by atoms with E-state index in [4.69, 9.17) is 4.52 Å². The zero-order chi connectivity index (χ0) is 13.2. The van der Waals surface area contributed by atoms with Crippen molar-refractivity contribution in [2.24, 2.45) is 5.92 Å². The standard InChI is InChI=1S/C14H21N3O2/c1-10-9-13(19-16-10)14(18)17-7-4-11(5-8-17)12-3-2-6-15-12/h9,11-12,15H,2-8H2,1H3. The van der Waals surface area contributed by atoms with Crippen LogP contribution >= 0.6 is 0 Å². The minimum absolute atomic E-state index is 0.0153. The Bertz CT molecular complexity index is 443. The quantitative estimate of drug-likeness (QED) is 0.880. The minimum Gasteiger partial charge on any atom is -0.351 e. The van der Waals surface area contributed by atoms with Gasteiger partial charge in [-0.05, 0) is 45.1 Å². The lowest BCUT2D eigenvalue weighted by molar-refractivity contribution is 0.0633. The number of rotatable bonds is 2. The van der Waals surface area contributed by atoms with Crippen molar-refractivity contribution in [1.29, 1.82) is 0 Å². The molecule has 2 aliphatic rings. The Hall–Kier alpha value is -1.36. The highest BCUT2D eigenvalue weighted by atomic mass is 16.5. The molecule has 0 bridgehead atoms. The van der Waals surface area contributed by atoms with Crippen molar-refractivity contribution >= 4 is 5.91 Å². The third kappa shape index (κ3) is 2.66. The first-order valence-corrected chi connectivity index (χ1v) is 7.20. The van der Waals surface area contributed by atoms with E-state index in [2.05, 4.69) is 10.5 Å². The van der Waals surface area contributed by atoms with E-state index >= 15 is 0 Å². The summed E-state index contributed by atoms with van der Waals surface area (Å²) >= 11 is 0. The minimum atomic E-state index is -0.0153. The molecule has 3 heterocycles. The third-order valence-corrected chi connectivity index (χ3v) is 4.33. The van der Waals surface area contributed by atoms with Crippen LogP contribution in [0.4, 0.5) is 0 Å². The Morgan fingerprint density at radius 2 is 2.21 bits per heavy atom. The average Bonchev–Trinajstić information content (AvgIpc) is 3.09. The molecule has 0 radical (unpaired) electrons. The van der Waals surface area contributed by atoms with Crippen LogP contribution in [0, 0.1) is 12.8 Å². The molecule has 1 aromatic heterocycles. The van der Waals surface area contributed by atoms with Gasteiger partial charge in [-0.1, -0.05) is 5.16 Å². The summed E-state index contributed by atoms with van der Waals surface area (Å²) in [6.07, 6.45) is 4.77. The molecule has 19 heavy (non-hydrogen) atoms. The molecule has 104 valence electrons. The molecule has 2 saturated heterocycles. The summed E-state index contributed by atoms with van der Waals surface area (Å²) in [7, 11) is 0. The number of amides is 1. The van der Waals surface area contributed by atoms with Crippen LogP contribution < -0.4 is 5.32 Å². The van der Waals surface area contributed by atoms with Crippen LogP contribution in [-0.2, 0) is 0 Å². The van der Waals surface area contributed by atoms with Gasteiger partial charge in [0.2, 0.25) is 5.76 Å². The Labute approximate surface area is 113 Å². The summed E-state index contributed by atoms with van der Waals surface area (Å²) in [5, 5.41) is 7.35. The van der Waals surface area contributed by atoms with Gasteiger partial charge in [0.15, 0.2) is 0 Å². The van der Waals surface area contributed by atoms with Crippen LogP contribution in [0.3, 0.4) is 0 Å². The van der Waals surface area contributed by atoms with Gasteiger partial charge in [-0.25, -0.2) is 0 Å². The number of hydrogen-bond donors (Lipinski definition) is 1. The van der Waals surface area contributed by atoms with Gasteiger partial charge in [-0.3, -0.25) is 4.79 Å². The Morgan fingerprint density at radius 3 is 2.79 bits per heavy atom. The topological polar surface area (TPSA) is 58.4 Å². The second kappa shape index (κ2) is 5.33. The summed E-state index contributed by atoms with van der Waals surface area (Å²) in [5.74, 6) is 1.08. The van der Waals surface area contributed by atoms with Crippen molar-refractivity contribution in [1.82, 2.24) is 15.4 Å². The van der Waals surface area contributed by atoms with E-state index in [1.807, 2.05) is 11.8 Å². The fourth-order valence-corrected chi connectivity index (χ4v) is 3.24. The third-order valence-electron chi connectivity index (χ3n) is 4.33. The highest BCUT2D eigenvalue weighted by molar-refractivity contribution is 5.91. The molecule has 0 aromatic carbocycles. The zero-order valence-electron chi connectivity index (χ0n) is 11.4. The van der Waals surface area contributed by atoms with Crippen molar-refractivity contribution < 1.29 is 9.32 Å². The molecule has 1 amide bonds. The number of hydrogen-bond acceptors (Lipinski definition) is 4. The van der Waals surface area contributed by atoms with E-state index < -0.39 is 0 Å².